The Morgan fingerprint density at radius 2 is 2.05 bits per heavy atom. The van der Waals surface area contributed by atoms with Crippen LogP contribution in [0.5, 0.6) is 0 Å². The van der Waals surface area contributed by atoms with E-state index in [1.54, 1.807) is 6.07 Å². The smallest absolute Gasteiger partial charge is 0.340 e. The Bertz CT molecular complexity index is 457. The van der Waals surface area contributed by atoms with Crippen LogP contribution in [0.15, 0.2) is 18.2 Å². The predicted molar refractivity (Wildman–Crippen MR) is 73.6 cm³/mol. The van der Waals surface area contributed by atoms with Gasteiger partial charge in [-0.15, -0.1) is 0 Å². The molecule has 0 aliphatic carbocycles. The van der Waals surface area contributed by atoms with Gasteiger partial charge in [0.05, 0.1) is 12.7 Å². The van der Waals surface area contributed by atoms with E-state index in [1.165, 1.54) is 19.2 Å². The molecule has 0 bridgehead atoms. The molecule has 0 aliphatic rings. The number of carbonyl (C=O) groups excluding carboxylic acids is 1. The molecule has 1 rings (SSSR count). The van der Waals surface area contributed by atoms with E-state index in [9.17, 15) is 9.18 Å². The molecular formula is C15H22FNO2. The summed E-state index contributed by atoms with van der Waals surface area (Å²) in [5.74, 6) is -1.18. The van der Waals surface area contributed by atoms with Crippen molar-refractivity contribution in [2.45, 2.75) is 39.3 Å². The van der Waals surface area contributed by atoms with E-state index in [-0.39, 0.29) is 11.1 Å². The quantitative estimate of drug-likeness (QED) is 0.767. The van der Waals surface area contributed by atoms with E-state index >= 15 is 0 Å². The first-order chi connectivity index (χ1) is 8.81. The number of rotatable bonds is 5. The first kappa shape index (κ1) is 15.6. The highest BCUT2D eigenvalue weighted by Gasteiger charge is 2.21. The standard InChI is InChI=1S/C15H22FNO2/c1-6-15(2,3)17(4)10-11-7-8-12(13(16)9-11)14(18)19-5/h7-9H,6,10H2,1-5H3. The minimum absolute atomic E-state index is 0.0244. The number of ether oxygens (including phenoxy) is 1. The Morgan fingerprint density at radius 3 is 2.53 bits per heavy atom. The van der Waals surface area contributed by atoms with Crippen molar-refractivity contribution in [3.63, 3.8) is 0 Å². The Balaban J connectivity index is 2.88. The van der Waals surface area contributed by atoms with Crippen LogP contribution in [0, 0.1) is 5.82 Å². The molecule has 3 nitrogen and oxygen atoms in total. The van der Waals surface area contributed by atoms with Crippen molar-refractivity contribution in [1.82, 2.24) is 4.90 Å². The fourth-order valence-electron chi connectivity index (χ4n) is 1.69. The molecule has 0 unspecified atom stereocenters. The minimum Gasteiger partial charge on any atom is -0.465 e. The minimum atomic E-state index is -0.647. The van der Waals surface area contributed by atoms with Crippen LogP contribution in [0.25, 0.3) is 0 Å². The highest BCUT2D eigenvalue weighted by atomic mass is 19.1. The molecule has 1 aromatic rings. The molecule has 0 saturated heterocycles. The molecule has 106 valence electrons. The number of esters is 1. The molecule has 1 aromatic carbocycles. The molecule has 0 heterocycles. The van der Waals surface area contributed by atoms with Gasteiger partial charge in [-0.1, -0.05) is 13.0 Å². The fraction of sp³-hybridized carbons (Fsp3) is 0.533. The average Bonchev–Trinajstić information content (AvgIpc) is 2.38. The zero-order valence-electron chi connectivity index (χ0n) is 12.3. The summed E-state index contributed by atoms with van der Waals surface area (Å²) in [5.41, 5.74) is 0.871. The molecule has 0 amide bonds. The van der Waals surface area contributed by atoms with E-state index in [0.717, 1.165) is 12.0 Å². The van der Waals surface area contributed by atoms with Crippen LogP contribution in [0.4, 0.5) is 4.39 Å². The van der Waals surface area contributed by atoms with Gasteiger partial charge in [-0.05, 0) is 45.0 Å². The third-order valence-corrected chi connectivity index (χ3v) is 3.76. The summed E-state index contributed by atoms with van der Waals surface area (Å²) in [5, 5.41) is 0. The molecule has 0 aromatic heterocycles. The number of benzene rings is 1. The Labute approximate surface area is 114 Å². The van der Waals surface area contributed by atoms with Crippen LogP contribution in [0.2, 0.25) is 0 Å². The van der Waals surface area contributed by atoms with Gasteiger partial charge in [-0.3, -0.25) is 4.90 Å². The number of hydrogen-bond donors (Lipinski definition) is 0. The molecule has 4 heteroatoms. The highest BCUT2D eigenvalue weighted by Crippen LogP contribution is 2.20. The molecular weight excluding hydrogens is 245 g/mol. The van der Waals surface area contributed by atoms with Crippen molar-refractivity contribution in [3.05, 3.63) is 35.1 Å². The molecule has 0 aliphatic heterocycles. The van der Waals surface area contributed by atoms with Gasteiger partial charge in [0, 0.05) is 12.1 Å². The lowest BCUT2D eigenvalue weighted by Crippen LogP contribution is -2.39. The van der Waals surface area contributed by atoms with Crippen LogP contribution < -0.4 is 0 Å². The molecule has 0 radical (unpaired) electrons. The first-order valence-electron chi connectivity index (χ1n) is 6.39. The zero-order chi connectivity index (χ0) is 14.6. The van der Waals surface area contributed by atoms with Gasteiger partial charge in [0.25, 0.3) is 0 Å². The van der Waals surface area contributed by atoms with E-state index in [0.29, 0.717) is 6.54 Å². The summed E-state index contributed by atoms with van der Waals surface area (Å²) in [6, 6.07) is 4.63. The van der Waals surface area contributed by atoms with Gasteiger partial charge in [0.15, 0.2) is 0 Å². The SMILES string of the molecule is CCC(C)(C)N(C)Cc1ccc(C(=O)OC)c(F)c1. The molecule has 0 atom stereocenters. The zero-order valence-corrected chi connectivity index (χ0v) is 12.3. The van der Waals surface area contributed by atoms with Gasteiger partial charge >= 0.3 is 5.97 Å². The van der Waals surface area contributed by atoms with Gasteiger partial charge in [0.2, 0.25) is 0 Å². The summed E-state index contributed by atoms with van der Waals surface area (Å²) < 4.78 is 18.3. The number of nitrogens with zero attached hydrogens (tertiary/aromatic N) is 1. The molecule has 0 N–H and O–H groups in total. The number of carbonyl (C=O) groups is 1. The monoisotopic (exact) mass is 267 g/mol. The lowest BCUT2D eigenvalue weighted by molar-refractivity contribution is 0.0595. The Hall–Kier alpha value is -1.42. The van der Waals surface area contributed by atoms with E-state index in [1.807, 2.05) is 7.05 Å². The van der Waals surface area contributed by atoms with Crippen molar-refractivity contribution in [1.29, 1.82) is 0 Å². The van der Waals surface area contributed by atoms with Crippen molar-refractivity contribution in [3.8, 4) is 0 Å². The van der Waals surface area contributed by atoms with Crippen molar-refractivity contribution in [2.24, 2.45) is 0 Å². The van der Waals surface area contributed by atoms with Crippen molar-refractivity contribution in [2.75, 3.05) is 14.2 Å². The lowest BCUT2D eigenvalue weighted by atomic mass is 9.99. The van der Waals surface area contributed by atoms with Gasteiger partial charge in [-0.25, -0.2) is 9.18 Å². The van der Waals surface area contributed by atoms with Crippen LogP contribution in [0.3, 0.4) is 0 Å². The summed E-state index contributed by atoms with van der Waals surface area (Å²) in [6.45, 7) is 7.05. The third-order valence-electron chi connectivity index (χ3n) is 3.76. The maximum absolute atomic E-state index is 13.8. The summed E-state index contributed by atoms with van der Waals surface area (Å²) in [6.07, 6.45) is 1.01. The topological polar surface area (TPSA) is 29.5 Å². The first-order valence-corrected chi connectivity index (χ1v) is 6.39. The number of hydrogen-bond acceptors (Lipinski definition) is 3. The number of halogens is 1. The Morgan fingerprint density at radius 1 is 1.42 bits per heavy atom. The maximum Gasteiger partial charge on any atom is 0.340 e. The second kappa shape index (κ2) is 6.15. The second-order valence-electron chi connectivity index (χ2n) is 5.33. The van der Waals surface area contributed by atoms with Gasteiger partial charge < -0.3 is 4.74 Å². The van der Waals surface area contributed by atoms with Gasteiger partial charge in [0.1, 0.15) is 5.82 Å². The second-order valence-corrected chi connectivity index (χ2v) is 5.33. The summed E-state index contributed by atoms with van der Waals surface area (Å²) >= 11 is 0. The normalized spacial score (nSPS) is 11.7. The van der Waals surface area contributed by atoms with Crippen LogP contribution >= 0.6 is 0 Å². The van der Waals surface area contributed by atoms with E-state index in [4.69, 9.17) is 0 Å². The maximum atomic E-state index is 13.8. The largest absolute Gasteiger partial charge is 0.465 e. The van der Waals surface area contributed by atoms with Crippen molar-refractivity contribution < 1.29 is 13.9 Å². The third kappa shape index (κ3) is 3.77. The molecule has 19 heavy (non-hydrogen) atoms. The molecule has 0 fully saturated rings. The molecule has 0 spiro atoms. The highest BCUT2D eigenvalue weighted by molar-refractivity contribution is 5.89. The van der Waals surface area contributed by atoms with E-state index in [2.05, 4.69) is 30.4 Å². The summed E-state index contributed by atoms with van der Waals surface area (Å²) in [7, 11) is 3.25. The summed E-state index contributed by atoms with van der Waals surface area (Å²) in [4.78, 5) is 13.5. The molecule has 0 saturated carbocycles. The fourth-order valence-corrected chi connectivity index (χ4v) is 1.69. The van der Waals surface area contributed by atoms with Crippen LogP contribution in [-0.4, -0.2) is 30.6 Å². The predicted octanol–water partition coefficient (Wildman–Crippen LogP) is 3.23. The van der Waals surface area contributed by atoms with E-state index < -0.39 is 11.8 Å². The van der Waals surface area contributed by atoms with Crippen molar-refractivity contribution >= 4 is 5.97 Å². The average molecular weight is 267 g/mol. The number of methoxy groups -OCH3 is 1. The van der Waals surface area contributed by atoms with Gasteiger partial charge in [-0.2, -0.15) is 0 Å². The lowest BCUT2D eigenvalue weighted by Gasteiger charge is -2.34. The van der Waals surface area contributed by atoms with Crippen LogP contribution in [0.1, 0.15) is 43.1 Å². The Kier molecular flexibility index (Phi) is 5.06. The van der Waals surface area contributed by atoms with Crippen LogP contribution in [-0.2, 0) is 11.3 Å².